The molecule has 0 saturated carbocycles. The van der Waals surface area contributed by atoms with Crippen molar-refractivity contribution in [2.24, 2.45) is 0 Å². The molecule has 10 heteroatoms. The number of nitrogens with zero attached hydrogens (tertiary/aromatic N) is 2. The standard InChI is InChI=1S/C17H11ClF3N3O2S/c18-11-7-5-10(6-8-11)15-23-24-16(26-15)27-9-14(25)22-13-4-2-1-3-12(13)17(19,20)21/h1-8H,9H2,(H,22,25). The summed E-state index contributed by atoms with van der Waals surface area (Å²) in [4.78, 5) is 12.0. The molecular formula is C17H11ClF3N3O2S. The highest BCUT2D eigenvalue weighted by Crippen LogP contribution is 2.34. The van der Waals surface area contributed by atoms with E-state index >= 15 is 0 Å². The first-order valence-electron chi connectivity index (χ1n) is 7.51. The fourth-order valence-electron chi connectivity index (χ4n) is 2.13. The summed E-state index contributed by atoms with van der Waals surface area (Å²) in [5, 5.41) is 10.6. The van der Waals surface area contributed by atoms with Gasteiger partial charge in [0.05, 0.1) is 17.0 Å². The summed E-state index contributed by atoms with van der Waals surface area (Å²) >= 11 is 6.73. The van der Waals surface area contributed by atoms with Crippen molar-refractivity contribution in [1.82, 2.24) is 10.2 Å². The number of anilines is 1. The lowest BCUT2D eigenvalue weighted by atomic mass is 10.1. The number of carbonyl (C=O) groups excluding carboxylic acids is 1. The molecule has 0 unspecified atom stereocenters. The van der Waals surface area contributed by atoms with Gasteiger partial charge in [0.2, 0.25) is 11.8 Å². The van der Waals surface area contributed by atoms with Crippen LogP contribution in [0.2, 0.25) is 5.02 Å². The zero-order valence-corrected chi connectivity index (χ0v) is 15.0. The van der Waals surface area contributed by atoms with E-state index in [1.54, 1.807) is 24.3 Å². The van der Waals surface area contributed by atoms with Crippen LogP contribution in [0.3, 0.4) is 0 Å². The molecule has 0 aliphatic rings. The molecule has 0 atom stereocenters. The van der Waals surface area contributed by atoms with E-state index in [1.165, 1.54) is 18.2 Å². The number of nitrogens with one attached hydrogen (secondary N) is 1. The highest BCUT2D eigenvalue weighted by molar-refractivity contribution is 7.99. The van der Waals surface area contributed by atoms with E-state index in [1.807, 2.05) is 0 Å². The van der Waals surface area contributed by atoms with Gasteiger partial charge in [-0.2, -0.15) is 13.2 Å². The molecule has 3 aromatic rings. The molecule has 1 aromatic heterocycles. The molecule has 1 N–H and O–H groups in total. The van der Waals surface area contributed by atoms with Crippen LogP contribution in [0.5, 0.6) is 0 Å². The van der Waals surface area contributed by atoms with Crippen molar-refractivity contribution in [1.29, 1.82) is 0 Å². The number of alkyl halides is 3. The highest BCUT2D eigenvalue weighted by Gasteiger charge is 2.33. The van der Waals surface area contributed by atoms with Crippen molar-refractivity contribution in [2.45, 2.75) is 11.4 Å². The van der Waals surface area contributed by atoms with Crippen LogP contribution >= 0.6 is 23.4 Å². The SMILES string of the molecule is O=C(CSc1nnc(-c2ccc(Cl)cc2)o1)Nc1ccccc1C(F)(F)F. The Hall–Kier alpha value is -2.52. The Labute approximate surface area is 160 Å². The van der Waals surface area contributed by atoms with Gasteiger partial charge in [-0.15, -0.1) is 10.2 Å². The smallest absolute Gasteiger partial charge is 0.411 e. The Morgan fingerprint density at radius 1 is 1.11 bits per heavy atom. The molecule has 1 amide bonds. The maximum absolute atomic E-state index is 12.9. The lowest BCUT2D eigenvalue weighted by molar-refractivity contribution is -0.137. The first kappa shape index (κ1) is 19.2. The molecular weight excluding hydrogens is 403 g/mol. The Bertz CT molecular complexity index is 945. The summed E-state index contributed by atoms with van der Waals surface area (Å²) < 4.78 is 44.2. The number of benzene rings is 2. The van der Waals surface area contributed by atoms with Crippen molar-refractivity contribution < 1.29 is 22.4 Å². The van der Waals surface area contributed by atoms with E-state index in [4.69, 9.17) is 16.0 Å². The lowest BCUT2D eigenvalue weighted by Gasteiger charge is -2.13. The first-order valence-corrected chi connectivity index (χ1v) is 8.87. The minimum atomic E-state index is -4.56. The van der Waals surface area contributed by atoms with Crippen molar-refractivity contribution in [3.05, 3.63) is 59.1 Å². The van der Waals surface area contributed by atoms with Crippen LogP contribution < -0.4 is 5.32 Å². The van der Waals surface area contributed by atoms with Gasteiger partial charge in [-0.3, -0.25) is 4.79 Å². The lowest BCUT2D eigenvalue weighted by Crippen LogP contribution is -2.18. The Kier molecular flexibility index (Phi) is 5.71. The third-order valence-corrected chi connectivity index (χ3v) is 4.40. The number of para-hydroxylation sites is 1. The number of hydrogen-bond donors (Lipinski definition) is 1. The van der Waals surface area contributed by atoms with Crippen molar-refractivity contribution in [3.63, 3.8) is 0 Å². The normalized spacial score (nSPS) is 11.4. The molecule has 0 spiro atoms. The zero-order chi connectivity index (χ0) is 19.4. The largest absolute Gasteiger partial charge is 0.418 e. The van der Waals surface area contributed by atoms with E-state index in [0.29, 0.717) is 10.6 Å². The minimum Gasteiger partial charge on any atom is -0.411 e. The molecule has 2 aromatic carbocycles. The third kappa shape index (κ3) is 5.01. The molecule has 5 nitrogen and oxygen atoms in total. The van der Waals surface area contributed by atoms with Crippen LogP contribution in [-0.4, -0.2) is 21.9 Å². The van der Waals surface area contributed by atoms with Crippen molar-refractivity contribution in [3.8, 4) is 11.5 Å². The van der Waals surface area contributed by atoms with E-state index in [2.05, 4.69) is 15.5 Å². The molecule has 1 heterocycles. The van der Waals surface area contributed by atoms with Gasteiger partial charge in [0.1, 0.15) is 0 Å². The number of hydrogen-bond acceptors (Lipinski definition) is 5. The monoisotopic (exact) mass is 413 g/mol. The fraction of sp³-hybridized carbons (Fsp3) is 0.118. The summed E-state index contributed by atoms with van der Waals surface area (Å²) in [7, 11) is 0. The molecule has 0 saturated heterocycles. The number of carbonyl (C=O) groups is 1. The van der Waals surface area contributed by atoms with Gasteiger partial charge in [-0.25, -0.2) is 0 Å². The number of thioether (sulfide) groups is 1. The fourth-order valence-corrected chi connectivity index (χ4v) is 2.82. The predicted octanol–water partition coefficient (Wildman–Crippen LogP) is 5.14. The zero-order valence-electron chi connectivity index (χ0n) is 13.5. The molecule has 0 aliphatic heterocycles. The minimum absolute atomic E-state index is 0.124. The van der Waals surface area contributed by atoms with Gasteiger partial charge in [0.15, 0.2) is 0 Å². The molecule has 0 radical (unpaired) electrons. The van der Waals surface area contributed by atoms with Crippen LogP contribution in [-0.2, 0) is 11.0 Å². The van der Waals surface area contributed by atoms with Gasteiger partial charge >= 0.3 is 6.18 Å². The summed E-state index contributed by atoms with van der Waals surface area (Å²) in [6.07, 6.45) is -4.56. The predicted molar refractivity (Wildman–Crippen MR) is 95.5 cm³/mol. The average molecular weight is 414 g/mol. The van der Waals surface area contributed by atoms with Gasteiger partial charge in [-0.1, -0.05) is 35.5 Å². The van der Waals surface area contributed by atoms with Gasteiger partial charge in [0.25, 0.3) is 5.22 Å². The summed E-state index contributed by atoms with van der Waals surface area (Å²) in [5.41, 5.74) is -0.559. The van der Waals surface area contributed by atoms with Crippen LogP contribution in [0.15, 0.2) is 58.2 Å². The molecule has 3 rings (SSSR count). The van der Waals surface area contributed by atoms with E-state index < -0.39 is 17.6 Å². The Morgan fingerprint density at radius 2 is 1.81 bits per heavy atom. The molecule has 27 heavy (non-hydrogen) atoms. The van der Waals surface area contributed by atoms with Crippen LogP contribution in [0, 0.1) is 0 Å². The Morgan fingerprint density at radius 3 is 2.52 bits per heavy atom. The average Bonchev–Trinajstić information content (AvgIpc) is 3.09. The number of halogens is 4. The van der Waals surface area contributed by atoms with Crippen LogP contribution in [0.25, 0.3) is 11.5 Å². The second kappa shape index (κ2) is 8.01. The Balaban J connectivity index is 1.61. The van der Waals surface area contributed by atoms with Gasteiger partial charge < -0.3 is 9.73 Å². The molecule has 0 bridgehead atoms. The second-order valence-electron chi connectivity index (χ2n) is 5.26. The number of amides is 1. The maximum Gasteiger partial charge on any atom is 0.418 e. The molecule has 0 aliphatic carbocycles. The van der Waals surface area contributed by atoms with E-state index in [9.17, 15) is 18.0 Å². The van der Waals surface area contributed by atoms with Crippen LogP contribution in [0.4, 0.5) is 18.9 Å². The quantitative estimate of drug-likeness (QED) is 0.586. The summed E-state index contributed by atoms with van der Waals surface area (Å²) in [6.45, 7) is 0. The van der Waals surface area contributed by atoms with Crippen LogP contribution in [0.1, 0.15) is 5.56 Å². The molecule has 0 fully saturated rings. The number of rotatable bonds is 5. The second-order valence-corrected chi connectivity index (χ2v) is 6.62. The number of aromatic nitrogens is 2. The van der Waals surface area contributed by atoms with Gasteiger partial charge in [0, 0.05) is 10.6 Å². The van der Waals surface area contributed by atoms with E-state index in [0.717, 1.165) is 17.8 Å². The van der Waals surface area contributed by atoms with Crippen molar-refractivity contribution >= 4 is 35.0 Å². The molecule has 140 valence electrons. The van der Waals surface area contributed by atoms with Crippen molar-refractivity contribution in [2.75, 3.05) is 11.1 Å². The van der Waals surface area contributed by atoms with E-state index in [-0.39, 0.29) is 22.6 Å². The third-order valence-electron chi connectivity index (χ3n) is 3.33. The summed E-state index contributed by atoms with van der Waals surface area (Å²) in [5.74, 6) is -0.561. The summed E-state index contributed by atoms with van der Waals surface area (Å²) in [6, 6.07) is 11.5. The maximum atomic E-state index is 12.9. The topological polar surface area (TPSA) is 68.0 Å². The first-order chi connectivity index (χ1) is 12.8. The highest BCUT2D eigenvalue weighted by atomic mass is 35.5. The van der Waals surface area contributed by atoms with Gasteiger partial charge in [-0.05, 0) is 36.4 Å².